The van der Waals surface area contributed by atoms with Crippen LogP contribution in [-0.4, -0.2) is 24.3 Å². The van der Waals surface area contributed by atoms with Crippen LogP contribution < -0.4 is 10.1 Å². The Bertz CT molecular complexity index is 553. The molecule has 2 aromatic carbocycles. The number of β-amino-alcohol motifs (C(OH)–C–C–N with tert-alkyl or cyclic N) is 1. The van der Waals surface area contributed by atoms with Gasteiger partial charge in [0.25, 0.3) is 0 Å². The van der Waals surface area contributed by atoms with Crippen LogP contribution in [0.25, 0.3) is 0 Å². The normalized spacial score (nSPS) is 22.0. The zero-order valence-electron chi connectivity index (χ0n) is 12.0. The van der Waals surface area contributed by atoms with Gasteiger partial charge in [0.05, 0.1) is 6.10 Å². The van der Waals surface area contributed by atoms with E-state index in [1.165, 1.54) is 5.56 Å². The van der Waals surface area contributed by atoms with Gasteiger partial charge in [-0.25, -0.2) is 0 Å². The minimum absolute atomic E-state index is 0.231. The zero-order chi connectivity index (χ0) is 14.5. The van der Waals surface area contributed by atoms with Crippen LogP contribution >= 0.6 is 0 Å². The minimum atomic E-state index is -0.296. The Morgan fingerprint density at radius 2 is 1.81 bits per heavy atom. The molecule has 1 fully saturated rings. The molecular weight excluding hydrogens is 262 g/mol. The van der Waals surface area contributed by atoms with Gasteiger partial charge < -0.3 is 15.2 Å². The molecular formula is C18H21NO2. The monoisotopic (exact) mass is 283 g/mol. The highest BCUT2D eigenvalue weighted by Crippen LogP contribution is 2.27. The van der Waals surface area contributed by atoms with Gasteiger partial charge in [-0.15, -0.1) is 0 Å². The van der Waals surface area contributed by atoms with Crippen molar-refractivity contribution in [2.45, 2.75) is 25.0 Å². The molecule has 0 bridgehead atoms. The summed E-state index contributed by atoms with van der Waals surface area (Å²) in [5, 5.41) is 13.3. The number of rotatable bonds is 4. The van der Waals surface area contributed by atoms with E-state index in [-0.39, 0.29) is 12.0 Å². The summed E-state index contributed by atoms with van der Waals surface area (Å²) in [7, 11) is 0. The average molecular weight is 283 g/mol. The maximum Gasteiger partial charge on any atom is 0.119 e. The number of aliphatic hydroxyl groups excluding tert-OH is 1. The summed E-state index contributed by atoms with van der Waals surface area (Å²) in [4.78, 5) is 0. The van der Waals surface area contributed by atoms with Crippen LogP contribution in [0, 0.1) is 0 Å². The molecule has 0 spiro atoms. The van der Waals surface area contributed by atoms with Crippen LogP contribution in [0.1, 0.15) is 23.5 Å². The summed E-state index contributed by atoms with van der Waals surface area (Å²) in [5.74, 6) is 1.10. The number of hydrogen-bond donors (Lipinski definition) is 2. The summed E-state index contributed by atoms with van der Waals surface area (Å²) >= 11 is 0. The Kier molecular flexibility index (Phi) is 4.53. The number of benzene rings is 2. The maximum absolute atomic E-state index is 10.0. The first kappa shape index (κ1) is 14.1. The largest absolute Gasteiger partial charge is 0.489 e. The Morgan fingerprint density at radius 1 is 1.05 bits per heavy atom. The second kappa shape index (κ2) is 6.74. The highest BCUT2D eigenvalue weighted by atomic mass is 16.5. The number of aliphatic hydroxyl groups is 1. The van der Waals surface area contributed by atoms with Crippen molar-refractivity contribution in [1.82, 2.24) is 5.32 Å². The molecule has 2 aromatic rings. The standard InChI is InChI=1S/C18H21NO2/c20-18-12-19-11-10-17(18)15-6-8-16(9-7-15)21-13-14-4-2-1-3-5-14/h1-9,17-20H,10-13H2/t17-,18-/m1/s1. The third-order valence-electron chi connectivity index (χ3n) is 4.01. The molecule has 2 N–H and O–H groups in total. The highest BCUT2D eigenvalue weighted by molar-refractivity contribution is 5.30. The Labute approximate surface area is 125 Å². The SMILES string of the molecule is O[C@@H]1CNCC[C@@H]1c1ccc(OCc2ccccc2)cc1. The Morgan fingerprint density at radius 3 is 2.52 bits per heavy atom. The van der Waals surface area contributed by atoms with Crippen molar-refractivity contribution in [3.8, 4) is 5.75 Å². The Hall–Kier alpha value is -1.84. The second-order valence-corrected chi connectivity index (χ2v) is 5.51. The van der Waals surface area contributed by atoms with Crippen LogP contribution in [0.3, 0.4) is 0 Å². The number of hydrogen-bond acceptors (Lipinski definition) is 3. The van der Waals surface area contributed by atoms with Gasteiger partial charge in [-0.2, -0.15) is 0 Å². The maximum atomic E-state index is 10.0. The van der Waals surface area contributed by atoms with E-state index in [9.17, 15) is 5.11 Å². The van der Waals surface area contributed by atoms with Crippen LogP contribution in [0.4, 0.5) is 0 Å². The van der Waals surface area contributed by atoms with E-state index < -0.39 is 0 Å². The summed E-state index contributed by atoms with van der Waals surface area (Å²) in [5.41, 5.74) is 2.35. The van der Waals surface area contributed by atoms with E-state index >= 15 is 0 Å². The molecule has 0 unspecified atom stereocenters. The van der Waals surface area contributed by atoms with Crippen LogP contribution in [-0.2, 0) is 6.61 Å². The number of nitrogens with one attached hydrogen (secondary N) is 1. The predicted molar refractivity (Wildman–Crippen MR) is 83.5 cm³/mol. The lowest BCUT2D eigenvalue weighted by Crippen LogP contribution is -2.39. The summed E-state index contributed by atoms with van der Waals surface area (Å²) in [6.07, 6.45) is 0.681. The van der Waals surface area contributed by atoms with Crippen molar-refractivity contribution in [3.05, 3.63) is 65.7 Å². The molecule has 1 saturated heterocycles. The molecule has 0 radical (unpaired) electrons. The lowest BCUT2D eigenvalue weighted by molar-refractivity contribution is 0.118. The van der Waals surface area contributed by atoms with Gasteiger partial charge in [0, 0.05) is 12.5 Å². The molecule has 1 aliphatic heterocycles. The first-order valence-electron chi connectivity index (χ1n) is 7.48. The molecule has 0 aliphatic carbocycles. The van der Waals surface area contributed by atoms with Gasteiger partial charge in [0.1, 0.15) is 12.4 Å². The van der Waals surface area contributed by atoms with Gasteiger partial charge in [0.2, 0.25) is 0 Å². The molecule has 0 aromatic heterocycles. The van der Waals surface area contributed by atoms with E-state index in [0.29, 0.717) is 13.2 Å². The van der Waals surface area contributed by atoms with Gasteiger partial charge in [-0.05, 0) is 36.2 Å². The van der Waals surface area contributed by atoms with Crippen LogP contribution in [0.5, 0.6) is 5.75 Å². The van der Waals surface area contributed by atoms with E-state index in [4.69, 9.17) is 4.74 Å². The molecule has 2 atom stereocenters. The highest BCUT2D eigenvalue weighted by Gasteiger charge is 2.24. The topological polar surface area (TPSA) is 41.5 Å². The lowest BCUT2D eigenvalue weighted by Gasteiger charge is -2.28. The number of piperidine rings is 1. The van der Waals surface area contributed by atoms with Crippen LogP contribution in [0.15, 0.2) is 54.6 Å². The van der Waals surface area contributed by atoms with Crippen molar-refractivity contribution in [2.75, 3.05) is 13.1 Å². The number of ether oxygens (including phenoxy) is 1. The first-order valence-corrected chi connectivity index (χ1v) is 7.48. The van der Waals surface area contributed by atoms with E-state index in [0.717, 1.165) is 24.3 Å². The fourth-order valence-corrected chi connectivity index (χ4v) is 2.78. The molecule has 21 heavy (non-hydrogen) atoms. The lowest BCUT2D eigenvalue weighted by atomic mass is 9.88. The molecule has 110 valence electrons. The van der Waals surface area contributed by atoms with E-state index in [1.807, 2.05) is 30.3 Å². The summed E-state index contributed by atoms with van der Waals surface area (Å²) < 4.78 is 5.79. The first-order chi connectivity index (χ1) is 10.3. The zero-order valence-corrected chi connectivity index (χ0v) is 12.0. The minimum Gasteiger partial charge on any atom is -0.489 e. The smallest absolute Gasteiger partial charge is 0.119 e. The molecule has 3 rings (SSSR count). The molecule has 3 heteroatoms. The quantitative estimate of drug-likeness (QED) is 0.906. The van der Waals surface area contributed by atoms with Gasteiger partial charge >= 0.3 is 0 Å². The molecule has 0 saturated carbocycles. The summed E-state index contributed by atoms with van der Waals surface area (Å²) in [6, 6.07) is 18.3. The van der Waals surface area contributed by atoms with Gasteiger partial charge in [-0.1, -0.05) is 42.5 Å². The second-order valence-electron chi connectivity index (χ2n) is 5.51. The van der Waals surface area contributed by atoms with Crippen LogP contribution in [0.2, 0.25) is 0 Å². The van der Waals surface area contributed by atoms with Crippen molar-refractivity contribution in [1.29, 1.82) is 0 Å². The third-order valence-corrected chi connectivity index (χ3v) is 4.01. The van der Waals surface area contributed by atoms with E-state index in [1.54, 1.807) is 0 Å². The van der Waals surface area contributed by atoms with Gasteiger partial charge in [0.15, 0.2) is 0 Å². The predicted octanol–water partition coefficient (Wildman–Crippen LogP) is 2.70. The molecule has 0 amide bonds. The average Bonchev–Trinajstić information content (AvgIpc) is 2.55. The van der Waals surface area contributed by atoms with E-state index in [2.05, 4.69) is 29.6 Å². The Balaban J connectivity index is 1.61. The van der Waals surface area contributed by atoms with Gasteiger partial charge in [-0.3, -0.25) is 0 Å². The van der Waals surface area contributed by atoms with Crippen molar-refractivity contribution >= 4 is 0 Å². The fraction of sp³-hybridized carbons (Fsp3) is 0.333. The third kappa shape index (κ3) is 3.63. The summed E-state index contributed by atoms with van der Waals surface area (Å²) in [6.45, 7) is 2.22. The fourth-order valence-electron chi connectivity index (χ4n) is 2.78. The van der Waals surface area contributed by atoms with Crippen molar-refractivity contribution in [2.24, 2.45) is 0 Å². The molecule has 3 nitrogen and oxygen atoms in total. The molecule has 1 aliphatic rings. The van der Waals surface area contributed by atoms with Crippen molar-refractivity contribution < 1.29 is 9.84 Å². The van der Waals surface area contributed by atoms with Crippen molar-refractivity contribution in [3.63, 3.8) is 0 Å². The molecule has 1 heterocycles.